The third-order valence-electron chi connectivity index (χ3n) is 4.07. The number of nitrogens with one attached hydrogen (secondary N) is 1. The number of hydrogen-bond donors (Lipinski definition) is 2. The number of aliphatic hydroxyl groups is 1. The summed E-state index contributed by atoms with van der Waals surface area (Å²) in [6.45, 7) is 9.34. The molecule has 2 heteroatoms. The zero-order valence-corrected chi connectivity index (χ0v) is 12.9. The molecule has 0 heterocycles. The van der Waals surface area contributed by atoms with Gasteiger partial charge in [0.15, 0.2) is 0 Å². The summed E-state index contributed by atoms with van der Waals surface area (Å²) < 4.78 is 0. The highest BCUT2D eigenvalue weighted by Crippen LogP contribution is 2.22. The van der Waals surface area contributed by atoms with E-state index in [1.54, 1.807) is 0 Å². The van der Waals surface area contributed by atoms with Crippen LogP contribution in [0.5, 0.6) is 0 Å². The SMILES string of the molecule is CC(NCC(O)c1ccc2ccccc2c1)C(C)(C)C. The van der Waals surface area contributed by atoms with Crippen molar-refractivity contribution in [3.8, 4) is 0 Å². The average molecular weight is 271 g/mol. The lowest BCUT2D eigenvalue weighted by molar-refractivity contribution is 0.158. The molecule has 0 aliphatic heterocycles. The van der Waals surface area contributed by atoms with Gasteiger partial charge in [-0.15, -0.1) is 0 Å². The van der Waals surface area contributed by atoms with Crippen LogP contribution in [0.25, 0.3) is 10.8 Å². The number of fused-ring (bicyclic) bond motifs is 1. The summed E-state index contributed by atoms with van der Waals surface area (Å²) in [5.74, 6) is 0. The van der Waals surface area contributed by atoms with Gasteiger partial charge in [0.05, 0.1) is 6.10 Å². The second-order valence-corrected chi connectivity index (χ2v) is 6.62. The topological polar surface area (TPSA) is 32.3 Å². The lowest BCUT2D eigenvalue weighted by Gasteiger charge is -2.29. The van der Waals surface area contributed by atoms with Crippen molar-refractivity contribution in [2.45, 2.75) is 39.8 Å². The van der Waals surface area contributed by atoms with Crippen molar-refractivity contribution in [2.24, 2.45) is 5.41 Å². The number of rotatable bonds is 4. The van der Waals surface area contributed by atoms with Gasteiger partial charge in [0.1, 0.15) is 0 Å². The molecule has 0 saturated heterocycles. The minimum atomic E-state index is -0.468. The van der Waals surface area contributed by atoms with Crippen LogP contribution in [0.3, 0.4) is 0 Å². The molecule has 0 aliphatic carbocycles. The third kappa shape index (κ3) is 3.59. The Morgan fingerprint density at radius 3 is 2.35 bits per heavy atom. The van der Waals surface area contributed by atoms with Crippen molar-refractivity contribution in [3.63, 3.8) is 0 Å². The maximum absolute atomic E-state index is 10.3. The molecule has 0 aliphatic rings. The van der Waals surface area contributed by atoms with Crippen LogP contribution in [0, 0.1) is 5.41 Å². The maximum atomic E-state index is 10.3. The molecule has 0 amide bonds. The van der Waals surface area contributed by atoms with Gasteiger partial charge in [-0.25, -0.2) is 0 Å². The van der Waals surface area contributed by atoms with Crippen LogP contribution in [-0.2, 0) is 0 Å². The first-order chi connectivity index (χ1) is 9.38. The zero-order chi connectivity index (χ0) is 14.8. The van der Waals surface area contributed by atoms with Gasteiger partial charge in [0, 0.05) is 12.6 Å². The Balaban J connectivity index is 2.06. The Morgan fingerprint density at radius 1 is 1.05 bits per heavy atom. The highest BCUT2D eigenvalue weighted by atomic mass is 16.3. The van der Waals surface area contributed by atoms with Crippen LogP contribution in [0.15, 0.2) is 42.5 Å². The van der Waals surface area contributed by atoms with Gasteiger partial charge in [-0.1, -0.05) is 57.2 Å². The molecule has 20 heavy (non-hydrogen) atoms. The van der Waals surface area contributed by atoms with Gasteiger partial charge in [0.25, 0.3) is 0 Å². The Hall–Kier alpha value is -1.38. The average Bonchev–Trinajstić information content (AvgIpc) is 2.42. The largest absolute Gasteiger partial charge is 0.387 e. The van der Waals surface area contributed by atoms with Crippen LogP contribution < -0.4 is 5.32 Å². The minimum Gasteiger partial charge on any atom is -0.387 e. The molecule has 2 N–H and O–H groups in total. The van der Waals surface area contributed by atoms with E-state index in [1.165, 1.54) is 10.8 Å². The van der Waals surface area contributed by atoms with E-state index in [2.05, 4.69) is 57.3 Å². The zero-order valence-electron chi connectivity index (χ0n) is 12.9. The van der Waals surface area contributed by atoms with E-state index in [-0.39, 0.29) is 5.41 Å². The van der Waals surface area contributed by atoms with Crippen LogP contribution >= 0.6 is 0 Å². The van der Waals surface area contributed by atoms with E-state index in [4.69, 9.17) is 0 Å². The fourth-order valence-electron chi connectivity index (χ4n) is 2.13. The highest BCUT2D eigenvalue weighted by Gasteiger charge is 2.20. The summed E-state index contributed by atoms with van der Waals surface area (Å²) in [5.41, 5.74) is 1.17. The lowest BCUT2D eigenvalue weighted by Crippen LogP contribution is -2.39. The molecule has 0 bridgehead atoms. The van der Waals surface area contributed by atoms with E-state index in [1.807, 2.05) is 18.2 Å². The first-order valence-corrected chi connectivity index (χ1v) is 7.28. The molecule has 2 unspecified atom stereocenters. The summed E-state index contributed by atoms with van der Waals surface area (Å²) in [6, 6.07) is 14.7. The number of benzene rings is 2. The summed E-state index contributed by atoms with van der Waals surface area (Å²) in [5, 5.41) is 16.1. The van der Waals surface area contributed by atoms with E-state index in [0.29, 0.717) is 12.6 Å². The van der Waals surface area contributed by atoms with Crippen LogP contribution in [0.2, 0.25) is 0 Å². The van der Waals surface area contributed by atoms with Crippen molar-refractivity contribution >= 4 is 10.8 Å². The molecule has 2 aromatic rings. The molecule has 2 aromatic carbocycles. The standard InChI is InChI=1S/C18H25NO/c1-13(18(2,3)4)19-12-17(20)16-10-9-14-7-5-6-8-15(14)11-16/h5-11,13,17,19-20H,12H2,1-4H3. The van der Waals surface area contributed by atoms with Crippen LogP contribution in [-0.4, -0.2) is 17.7 Å². The van der Waals surface area contributed by atoms with Crippen LogP contribution in [0.1, 0.15) is 39.4 Å². The molecule has 108 valence electrons. The van der Waals surface area contributed by atoms with Crippen LogP contribution in [0.4, 0.5) is 0 Å². The Bertz CT molecular complexity index is 571. The summed E-state index contributed by atoms with van der Waals surface area (Å²) in [7, 11) is 0. The summed E-state index contributed by atoms with van der Waals surface area (Å²) >= 11 is 0. The summed E-state index contributed by atoms with van der Waals surface area (Å²) in [6.07, 6.45) is -0.468. The molecule has 0 spiro atoms. The first-order valence-electron chi connectivity index (χ1n) is 7.28. The molecule has 0 aromatic heterocycles. The molecule has 2 rings (SSSR count). The van der Waals surface area contributed by atoms with E-state index in [0.717, 1.165) is 5.56 Å². The summed E-state index contributed by atoms with van der Waals surface area (Å²) in [4.78, 5) is 0. The Morgan fingerprint density at radius 2 is 1.70 bits per heavy atom. The molecular weight excluding hydrogens is 246 g/mol. The monoisotopic (exact) mass is 271 g/mol. The van der Waals surface area contributed by atoms with E-state index >= 15 is 0 Å². The molecule has 0 saturated carbocycles. The number of aliphatic hydroxyl groups excluding tert-OH is 1. The van der Waals surface area contributed by atoms with Crippen molar-refractivity contribution in [1.82, 2.24) is 5.32 Å². The number of hydrogen-bond acceptors (Lipinski definition) is 2. The smallest absolute Gasteiger partial charge is 0.0914 e. The van der Waals surface area contributed by atoms with Crippen molar-refractivity contribution < 1.29 is 5.11 Å². The fourth-order valence-corrected chi connectivity index (χ4v) is 2.13. The second kappa shape index (κ2) is 5.94. The maximum Gasteiger partial charge on any atom is 0.0914 e. The van der Waals surface area contributed by atoms with E-state index < -0.39 is 6.10 Å². The molecule has 2 atom stereocenters. The van der Waals surface area contributed by atoms with Crippen molar-refractivity contribution in [3.05, 3.63) is 48.0 Å². The Kier molecular flexibility index (Phi) is 4.46. The van der Waals surface area contributed by atoms with Gasteiger partial charge in [-0.3, -0.25) is 0 Å². The predicted octanol–water partition coefficient (Wildman–Crippen LogP) is 3.90. The molecule has 0 radical (unpaired) electrons. The van der Waals surface area contributed by atoms with Gasteiger partial charge >= 0.3 is 0 Å². The van der Waals surface area contributed by atoms with Gasteiger partial charge in [-0.2, -0.15) is 0 Å². The predicted molar refractivity (Wildman–Crippen MR) is 85.8 cm³/mol. The van der Waals surface area contributed by atoms with Crippen molar-refractivity contribution in [2.75, 3.05) is 6.54 Å². The fraction of sp³-hybridized carbons (Fsp3) is 0.444. The lowest BCUT2D eigenvalue weighted by atomic mass is 9.88. The highest BCUT2D eigenvalue weighted by molar-refractivity contribution is 5.83. The molecule has 2 nitrogen and oxygen atoms in total. The van der Waals surface area contributed by atoms with Gasteiger partial charge < -0.3 is 10.4 Å². The van der Waals surface area contributed by atoms with Crippen molar-refractivity contribution in [1.29, 1.82) is 0 Å². The third-order valence-corrected chi connectivity index (χ3v) is 4.07. The Labute approximate surface area is 121 Å². The van der Waals surface area contributed by atoms with Gasteiger partial charge in [-0.05, 0) is 34.7 Å². The normalized spacial score (nSPS) is 15.2. The minimum absolute atomic E-state index is 0.198. The quantitative estimate of drug-likeness (QED) is 0.884. The first kappa shape index (κ1) is 15.0. The van der Waals surface area contributed by atoms with Gasteiger partial charge in [0.2, 0.25) is 0 Å². The second-order valence-electron chi connectivity index (χ2n) is 6.62. The molecule has 0 fully saturated rings. The molecular formula is C18H25NO. The van der Waals surface area contributed by atoms with E-state index in [9.17, 15) is 5.11 Å².